The van der Waals surface area contributed by atoms with Gasteiger partial charge in [-0.25, -0.2) is 0 Å². The first kappa shape index (κ1) is 20.4. The lowest BCUT2D eigenvalue weighted by molar-refractivity contribution is 0.577. The van der Waals surface area contributed by atoms with E-state index in [0.29, 0.717) is 0 Å². The largest absolute Gasteiger partial charge is 0.357 e. The predicted molar refractivity (Wildman–Crippen MR) is 144 cm³/mol. The Hall–Kier alpha value is -4.24. The summed E-state index contributed by atoms with van der Waals surface area (Å²) in [5.74, 6) is 0. The van der Waals surface area contributed by atoms with Crippen molar-refractivity contribution in [1.29, 1.82) is 0 Å². The van der Waals surface area contributed by atoms with Gasteiger partial charge in [-0.15, -0.1) is 0 Å². The zero-order chi connectivity index (χ0) is 23.1. The van der Waals surface area contributed by atoms with Crippen molar-refractivity contribution in [3.63, 3.8) is 0 Å². The number of para-hydroxylation sites is 3. The van der Waals surface area contributed by atoms with Crippen LogP contribution < -0.4 is 15.1 Å². The Balaban J connectivity index is 1.39. The van der Waals surface area contributed by atoms with Gasteiger partial charge in [-0.3, -0.25) is 0 Å². The fourth-order valence-corrected chi connectivity index (χ4v) is 5.16. The molecule has 1 heterocycles. The normalized spacial score (nSPS) is 16.8. The zero-order valence-electron chi connectivity index (χ0n) is 19.4. The average molecular weight is 442 g/mol. The van der Waals surface area contributed by atoms with Crippen molar-refractivity contribution in [2.45, 2.75) is 12.6 Å². The number of benzene rings is 5. The molecule has 0 saturated heterocycles. The van der Waals surface area contributed by atoms with Crippen molar-refractivity contribution in [2.24, 2.45) is 0 Å². The van der Waals surface area contributed by atoms with E-state index in [-0.39, 0.29) is 0 Å². The fraction of sp³-hybridized carbons (Fsp3) is 0.0968. The topological polar surface area (TPSA) is 18.5 Å². The molecule has 3 nitrogen and oxygen atoms in total. The number of rotatable bonds is 4. The summed E-state index contributed by atoms with van der Waals surface area (Å²) in [5.41, 5.74) is 6.67. The van der Waals surface area contributed by atoms with E-state index in [2.05, 4.69) is 150 Å². The summed E-state index contributed by atoms with van der Waals surface area (Å²) in [5, 5.41) is 6.30. The highest BCUT2D eigenvalue weighted by atomic mass is 15.4. The second-order valence-electron chi connectivity index (χ2n) is 8.99. The van der Waals surface area contributed by atoms with Gasteiger partial charge in [0.25, 0.3) is 0 Å². The molecule has 0 bridgehead atoms. The minimum absolute atomic E-state index is 0.401. The summed E-state index contributed by atoms with van der Waals surface area (Å²) in [4.78, 5) is 4.66. The minimum Gasteiger partial charge on any atom is -0.357 e. The molecule has 0 aromatic heterocycles. The predicted octanol–water partition coefficient (Wildman–Crippen LogP) is 8.04. The van der Waals surface area contributed by atoms with E-state index in [4.69, 9.17) is 0 Å². The van der Waals surface area contributed by atoms with Crippen LogP contribution in [0.1, 0.15) is 12.5 Å². The second kappa shape index (κ2) is 7.96. The first-order valence-electron chi connectivity index (χ1n) is 11.7. The molecule has 6 rings (SSSR count). The third kappa shape index (κ3) is 3.20. The van der Waals surface area contributed by atoms with Crippen LogP contribution in [0.15, 0.2) is 121 Å². The van der Waals surface area contributed by atoms with E-state index in [0.717, 1.165) is 11.4 Å². The van der Waals surface area contributed by atoms with Crippen LogP contribution in [-0.4, -0.2) is 7.05 Å². The third-order valence-corrected chi connectivity index (χ3v) is 6.93. The summed E-state index contributed by atoms with van der Waals surface area (Å²) >= 11 is 0. The van der Waals surface area contributed by atoms with Crippen molar-refractivity contribution in [2.75, 3.05) is 22.2 Å². The molecule has 1 aliphatic rings. The monoisotopic (exact) mass is 441 g/mol. The molecule has 0 saturated carbocycles. The summed E-state index contributed by atoms with van der Waals surface area (Å²) in [6, 6.07) is 43.1. The number of hydrogen-bond donors (Lipinski definition) is 1. The maximum absolute atomic E-state index is 3.79. The van der Waals surface area contributed by atoms with Crippen LogP contribution >= 0.6 is 0 Å². The Morgan fingerprint density at radius 2 is 1.35 bits per heavy atom. The second-order valence-corrected chi connectivity index (χ2v) is 8.99. The van der Waals surface area contributed by atoms with Crippen LogP contribution in [0.2, 0.25) is 0 Å². The lowest BCUT2D eigenvalue weighted by atomic mass is 9.98. The van der Waals surface area contributed by atoms with Gasteiger partial charge in [-0.1, -0.05) is 78.9 Å². The van der Waals surface area contributed by atoms with Crippen molar-refractivity contribution < 1.29 is 0 Å². The number of nitrogens with zero attached hydrogens (tertiary/aromatic N) is 2. The van der Waals surface area contributed by atoms with E-state index in [1.165, 1.54) is 33.4 Å². The molecule has 3 heteroatoms. The Morgan fingerprint density at radius 3 is 2.18 bits per heavy atom. The molecular formula is C31H27N3. The molecule has 0 spiro atoms. The highest BCUT2D eigenvalue weighted by Crippen LogP contribution is 2.49. The molecular weight excluding hydrogens is 414 g/mol. The Bertz CT molecular complexity index is 1450. The van der Waals surface area contributed by atoms with Crippen LogP contribution in [-0.2, 0) is 5.66 Å². The molecule has 0 radical (unpaired) electrons. The summed E-state index contributed by atoms with van der Waals surface area (Å²) in [7, 11) is 2.14. The number of nitrogens with one attached hydrogen (secondary N) is 1. The minimum atomic E-state index is -0.401. The summed E-state index contributed by atoms with van der Waals surface area (Å²) < 4.78 is 0. The highest BCUT2D eigenvalue weighted by Gasteiger charge is 2.41. The van der Waals surface area contributed by atoms with Crippen molar-refractivity contribution >= 4 is 39.2 Å². The van der Waals surface area contributed by atoms with E-state index in [9.17, 15) is 0 Å². The molecule has 0 amide bonds. The Morgan fingerprint density at radius 1 is 0.676 bits per heavy atom. The standard InChI is InChI=1S/C31H27N3/c1-31(32-28-16-8-9-17-30(28)34(31)26-13-4-3-5-14-26)24-19-21-25(22-20-24)33(2)29-18-10-12-23-11-6-7-15-27(23)29/h3-22,32H,1-2H3. The van der Waals surface area contributed by atoms with E-state index in [1.807, 2.05) is 0 Å². The van der Waals surface area contributed by atoms with Gasteiger partial charge in [0.2, 0.25) is 0 Å². The maximum atomic E-state index is 3.79. The molecule has 1 aliphatic heterocycles. The van der Waals surface area contributed by atoms with E-state index in [1.54, 1.807) is 0 Å². The molecule has 166 valence electrons. The molecule has 0 aliphatic carbocycles. The molecule has 1 unspecified atom stereocenters. The van der Waals surface area contributed by atoms with Gasteiger partial charge in [0, 0.05) is 29.5 Å². The van der Waals surface area contributed by atoms with Crippen LogP contribution in [0.3, 0.4) is 0 Å². The zero-order valence-corrected chi connectivity index (χ0v) is 19.4. The van der Waals surface area contributed by atoms with E-state index < -0.39 is 5.66 Å². The molecule has 5 aromatic rings. The SMILES string of the molecule is CN(c1ccc(C2(C)Nc3ccccc3N2c2ccccc2)cc1)c1cccc2ccccc12. The summed E-state index contributed by atoms with van der Waals surface area (Å²) in [6.45, 7) is 2.25. The Kier molecular flexibility index (Phi) is 4.77. The van der Waals surface area contributed by atoms with Crippen LogP contribution in [0.25, 0.3) is 10.8 Å². The van der Waals surface area contributed by atoms with Gasteiger partial charge < -0.3 is 15.1 Å². The first-order valence-corrected chi connectivity index (χ1v) is 11.7. The number of hydrogen-bond acceptors (Lipinski definition) is 3. The van der Waals surface area contributed by atoms with Crippen LogP contribution in [0.4, 0.5) is 28.4 Å². The molecule has 0 fully saturated rings. The fourth-order valence-electron chi connectivity index (χ4n) is 5.16. The molecule has 34 heavy (non-hydrogen) atoms. The average Bonchev–Trinajstić information content (AvgIpc) is 3.21. The van der Waals surface area contributed by atoms with Crippen LogP contribution in [0.5, 0.6) is 0 Å². The van der Waals surface area contributed by atoms with Gasteiger partial charge in [-0.2, -0.15) is 0 Å². The summed E-state index contributed by atoms with van der Waals surface area (Å²) in [6.07, 6.45) is 0. The van der Waals surface area contributed by atoms with Crippen molar-refractivity contribution in [1.82, 2.24) is 0 Å². The number of anilines is 5. The highest BCUT2D eigenvalue weighted by molar-refractivity contribution is 5.96. The third-order valence-electron chi connectivity index (χ3n) is 6.93. The van der Waals surface area contributed by atoms with Gasteiger partial charge in [0.15, 0.2) is 0 Å². The smallest absolute Gasteiger partial charge is 0.138 e. The van der Waals surface area contributed by atoms with Gasteiger partial charge in [0.1, 0.15) is 5.66 Å². The molecule has 1 N–H and O–H groups in total. The lowest BCUT2D eigenvalue weighted by Crippen LogP contribution is -2.42. The molecule has 5 aromatic carbocycles. The van der Waals surface area contributed by atoms with Crippen LogP contribution in [0, 0.1) is 0 Å². The molecule has 1 atom stereocenters. The van der Waals surface area contributed by atoms with Crippen molar-refractivity contribution in [3.05, 3.63) is 127 Å². The van der Waals surface area contributed by atoms with Gasteiger partial charge in [0.05, 0.1) is 11.4 Å². The number of fused-ring (bicyclic) bond motifs is 2. The van der Waals surface area contributed by atoms with Crippen molar-refractivity contribution in [3.8, 4) is 0 Å². The van der Waals surface area contributed by atoms with Gasteiger partial charge in [-0.05, 0) is 60.3 Å². The van der Waals surface area contributed by atoms with E-state index >= 15 is 0 Å². The lowest BCUT2D eigenvalue weighted by Gasteiger charge is -2.38. The maximum Gasteiger partial charge on any atom is 0.138 e. The quantitative estimate of drug-likeness (QED) is 0.304. The Labute approximate surface area is 200 Å². The van der Waals surface area contributed by atoms with Gasteiger partial charge >= 0.3 is 0 Å². The first-order chi connectivity index (χ1) is 16.6.